The summed E-state index contributed by atoms with van der Waals surface area (Å²) in [5.41, 5.74) is 16.9. The standard InChI is InChI=1S/C45H36N2/c1-45(2)41-22-11-9-18-37(41)40-21-13-20-36(44(40)45)31-24-26-34(27-25-31)46(32-14-5-3-6-15-32)35-28-29-39-38-19-10-12-23-42(38)47(43(39)30-35)33-16-7-4-8-17-33/h3-27,30H,28-29H2,1-2H3. The topological polar surface area (TPSA) is 8.17 Å². The van der Waals surface area contributed by atoms with E-state index < -0.39 is 0 Å². The minimum absolute atomic E-state index is 0.0565. The molecule has 0 atom stereocenters. The minimum Gasteiger partial charge on any atom is -0.314 e. The predicted molar refractivity (Wildman–Crippen MR) is 198 cm³/mol. The normalized spacial score (nSPS) is 14.3. The molecule has 0 saturated carbocycles. The number of nitrogens with zero attached hydrogens (tertiary/aromatic N) is 2. The third-order valence-corrected chi connectivity index (χ3v) is 10.3. The van der Waals surface area contributed by atoms with Crippen molar-refractivity contribution in [2.24, 2.45) is 0 Å². The van der Waals surface area contributed by atoms with E-state index in [1.807, 2.05) is 0 Å². The van der Waals surface area contributed by atoms with Crippen molar-refractivity contribution in [2.75, 3.05) is 4.90 Å². The van der Waals surface area contributed by atoms with E-state index in [4.69, 9.17) is 0 Å². The second kappa shape index (κ2) is 10.7. The van der Waals surface area contributed by atoms with Crippen LogP contribution in [0.15, 0.2) is 157 Å². The number of aromatic nitrogens is 1. The first-order valence-corrected chi connectivity index (χ1v) is 16.7. The number of anilines is 2. The van der Waals surface area contributed by atoms with E-state index in [-0.39, 0.29) is 5.41 Å². The first-order valence-electron chi connectivity index (χ1n) is 16.7. The Hall–Kier alpha value is -5.60. The van der Waals surface area contributed by atoms with E-state index in [0.717, 1.165) is 12.8 Å². The summed E-state index contributed by atoms with van der Waals surface area (Å²) in [6.45, 7) is 4.73. The third kappa shape index (κ3) is 4.32. The fourth-order valence-corrected chi connectivity index (χ4v) is 8.19. The van der Waals surface area contributed by atoms with Crippen LogP contribution in [-0.2, 0) is 11.8 Å². The maximum atomic E-state index is 2.45. The zero-order chi connectivity index (χ0) is 31.5. The lowest BCUT2D eigenvalue weighted by molar-refractivity contribution is 0.662. The maximum Gasteiger partial charge on any atom is 0.0537 e. The second-order valence-electron chi connectivity index (χ2n) is 13.3. The Morgan fingerprint density at radius 3 is 2.00 bits per heavy atom. The molecule has 0 unspecified atom stereocenters. The van der Waals surface area contributed by atoms with Crippen LogP contribution >= 0.6 is 0 Å². The Balaban J connectivity index is 1.17. The summed E-state index contributed by atoms with van der Waals surface area (Å²) in [7, 11) is 0. The van der Waals surface area contributed by atoms with Gasteiger partial charge in [-0.25, -0.2) is 0 Å². The maximum absolute atomic E-state index is 2.45. The van der Waals surface area contributed by atoms with E-state index in [1.54, 1.807) is 0 Å². The van der Waals surface area contributed by atoms with Crippen LogP contribution in [0.3, 0.4) is 0 Å². The van der Waals surface area contributed by atoms with Gasteiger partial charge in [-0.15, -0.1) is 0 Å². The molecule has 47 heavy (non-hydrogen) atoms. The summed E-state index contributed by atoms with van der Waals surface area (Å²) in [4.78, 5) is 2.45. The van der Waals surface area contributed by atoms with Crippen LogP contribution in [0.4, 0.5) is 11.4 Å². The average Bonchev–Trinajstić information content (AvgIpc) is 3.58. The van der Waals surface area contributed by atoms with Crippen LogP contribution in [0.2, 0.25) is 0 Å². The molecule has 6 aromatic carbocycles. The van der Waals surface area contributed by atoms with E-state index in [0.29, 0.717) is 0 Å². The van der Waals surface area contributed by atoms with Gasteiger partial charge in [0.25, 0.3) is 0 Å². The van der Waals surface area contributed by atoms with Gasteiger partial charge >= 0.3 is 0 Å². The number of hydrogen-bond acceptors (Lipinski definition) is 1. The third-order valence-electron chi connectivity index (χ3n) is 10.3. The summed E-state index contributed by atoms with van der Waals surface area (Å²) in [6, 6.07) is 55.4. The van der Waals surface area contributed by atoms with E-state index >= 15 is 0 Å². The largest absolute Gasteiger partial charge is 0.314 e. The Morgan fingerprint density at radius 2 is 1.19 bits per heavy atom. The van der Waals surface area contributed by atoms with Gasteiger partial charge in [0.15, 0.2) is 0 Å². The van der Waals surface area contributed by atoms with Crippen LogP contribution in [0.5, 0.6) is 0 Å². The molecule has 0 radical (unpaired) electrons. The van der Waals surface area contributed by atoms with Crippen molar-refractivity contribution < 1.29 is 0 Å². The highest BCUT2D eigenvalue weighted by Crippen LogP contribution is 2.52. The SMILES string of the molecule is CC1(C)c2ccccc2-c2cccc(-c3ccc(N(C4=Cc5c(c6ccccc6n5-c5ccccc5)CC4)c4ccccc4)cc3)c21. The lowest BCUT2D eigenvalue weighted by Crippen LogP contribution is -2.19. The van der Waals surface area contributed by atoms with Gasteiger partial charge in [-0.2, -0.15) is 0 Å². The summed E-state index contributed by atoms with van der Waals surface area (Å²) >= 11 is 0. The van der Waals surface area contributed by atoms with Crippen molar-refractivity contribution in [1.29, 1.82) is 0 Å². The predicted octanol–water partition coefficient (Wildman–Crippen LogP) is 11.7. The molecule has 2 nitrogen and oxygen atoms in total. The van der Waals surface area contributed by atoms with Crippen molar-refractivity contribution in [2.45, 2.75) is 32.1 Å². The number of allylic oxidation sites excluding steroid dienone is 1. The first-order chi connectivity index (χ1) is 23.1. The number of para-hydroxylation sites is 3. The van der Waals surface area contributed by atoms with Crippen molar-refractivity contribution in [3.63, 3.8) is 0 Å². The fraction of sp³-hybridized carbons (Fsp3) is 0.111. The smallest absolute Gasteiger partial charge is 0.0537 e. The van der Waals surface area contributed by atoms with Gasteiger partial charge in [0.2, 0.25) is 0 Å². The molecule has 7 aromatic rings. The van der Waals surface area contributed by atoms with E-state index in [2.05, 4.69) is 181 Å². The molecular weight excluding hydrogens is 569 g/mol. The zero-order valence-corrected chi connectivity index (χ0v) is 26.8. The molecule has 2 aliphatic rings. The van der Waals surface area contributed by atoms with E-state index in [9.17, 15) is 0 Å². The molecule has 9 rings (SSSR count). The quantitative estimate of drug-likeness (QED) is 0.190. The molecule has 0 amide bonds. The van der Waals surface area contributed by atoms with E-state index in [1.165, 1.54) is 78.3 Å². The van der Waals surface area contributed by atoms with Gasteiger partial charge in [-0.1, -0.05) is 123 Å². The summed E-state index contributed by atoms with van der Waals surface area (Å²) < 4.78 is 2.44. The van der Waals surface area contributed by atoms with Crippen LogP contribution in [0.25, 0.3) is 44.9 Å². The van der Waals surface area contributed by atoms with Crippen LogP contribution in [0.1, 0.15) is 42.7 Å². The molecule has 1 heterocycles. The van der Waals surface area contributed by atoms with Crippen LogP contribution in [-0.4, -0.2) is 4.57 Å². The molecule has 0 N–H and O–H groups in total. The molecule has 0 bridgehead atoms. The van der Waals surface area contributed by atoms with Crippen LogP contribution in [0, 0.1) is 0 Å². The van der Waals surface area contributed by atoms with Crippen molar-refractivity contribution >= 4 is 28.4 Å². The molecule has 226 valence electrons. The van der Waals surface area contributed by atoms with Gasteiger partial charge in [0, 0.05) is 33.6 Å². The highest BCUT2D eigenvalue weighted by atomic mass is 15.2. The number of fused-ring (bicyclic) bond motifs is 6. The summed E-state index contributed by atoms with van der Waals surface area (Å²) in [6.07, 6.45) is 4.39. The van der Waals surface area contributed by atoms with Gasteiger partial charge < -0.3 is 9.47 Å². The highest BCUT2D eigenvalue weighted by molar-refractivity contribution is 5.92. The first kappa shape index (κ1) is 27.7. The van der Waals surface area contributed by atoms with Crippen molar-refractivity contribution in [3.05, 3.63) is 180 Å². The number of aryl methyl sites for hydroxylation is 1. The molecule has 1 aromatic heterocycles. The van der Waals surface area contributed by atoms with Gasteiger partial charge in [-0.05, 0) is 100 Å². The monoisotopic (exact) mass is 604 g/mol. The minimum atomic E-state index is -0.0565. The van der Waals surface area contributed by atoms with Gasteiger partial charge in [0.05, 0.1) is 11.2 Å². The fourth-order valence-electron chi connectivity index (χ4n) is 8.19. The van der Waals surface area contributed by atoms with Crippen molar-refractivity contribution in [1.82, 2.24) is 4.57 Å². The van der Waals surface area contributed by atoms with Gasteiger partial charge in [-0.3, -0.25) is 0 Å². The number of hydrogen-bond donors (Lipinski definition) is 0. The lowest BCUT2D eigenvalue weighted by Gasteiger charge is -2.30. The molecule has 0 aliphatic heterocycles. The second-order valence-corrected chi connectivity index (χ2v) is 13.3. The number of benzene rings is 6. The lowest BCUT2D eigenvalue weighted by atomic mass is 9.79. The Labute approximate surface area is 276 Å². The molecule has 0 saturated heterocycles. The average molecular weight is 605 g/mol. The highest BCUT2D eigenvalue weighted by Gasteiger charge is 2.37. The van der Waals surface area contributed by atoms with Gasteiger partial charge in [0.1, 0.15) is 0 Å². The Bertz CT molecular complexity index is 2300. The Morgan fingerprint density at radius 1 is 0.553 bits per heavy atom. The molecule has 0 spiro atoms. The Kier molecular flexibility index (Phi) is 6.33. The summed E-state index contributed by atoms with van der Waals surface area (Å²) in [5, 5.41) is 1.35. The zero-order valence-electron chi connectivity index (χ0n) is 26.8. The van der Waals surface area contributed by atoms with Crippen LogP contribution < -0.4 is 4.90 Å². The van der Waals surface area contributed by atoms with Crippen molar-refractivity contribution in [3.8, 4) is 27.9 Å². The molecular formula is C45H36N2. The number of rotatable bonds is 5. The molecule has 0 fully saturated rings. The molecule has 2 aliphatic carbocycles. The summed E-state index contributed by atoms with van der Waals surface area (Å²) in [5.74, 6) is 0. The molecule has 2 heteroatoms.